The zero-order valence-corrected chi connectivity index (χ0v) is 14.2. The van der Waals surface area contributed by atoms with Crippen LogP contribution in [-0.2, 0) is 9.53 Å². The Balaban J connectivity index is 0. The summed E-state index contributed by atoms with van der Waals surface area (Å²) in [5.41, 5.74) is 5.71. The summed E-state index contributed by atoms with van der Waals surface area (Å²) < 4.78 is 6.12. The number of rotatable bonds is 11. The highest BCUT2D eigenvalue weighted by Crippen LogP contribution is 2.25. The fourth-order valence-electron chi connectivity index (χ4n) is 2.28. The standard InChI is InChI=1S/C14H31NO.C2H4O3/c1-5-13(6-2)9-12-16-14(7-3,8-4)10-11-15;3-1-2(4)5/h13H,5-12,15H2,1-4H3;3H,1H2,(H,4,5). The molecule has 0 aromatic heterocycles. The zero-order valence-electron chi connectivity index (χ0n) is 14.2. The van der Waals surface area contributed by atoms with Gasteiger partial charge in [0.1, 0.15) is 6.61 Å². The summed E-state index contributed by atoms with van der Waals surface area (Å²) >= 11 is 0. The Morgan fingerprint density at radius 1 is 1.19 bits per heavy atom. The van der Waals surface area contributed by atoms with Crippen molar-refractivity contribution in [2.45, 2.75) is 71.8 Å². The van der Waals surface area contributed by atoms with Crippen molar-refractivity contribution >= 4 is 5.97 Å². The van der Waals surface area contributed by atoms with Crippen LogP contribution in [0.15, 0.2) is 0 Å². The van der Waals surface area contributed by atoms with Gasteiger partial charge in [-0.1, -0.05) is 40.5 Å². The molecule has 0 saturated carbocycles. The topological polar surface area (TPSA) is 92.8 Å². The van der Waals surface area contributed by atoms with Crippen LogP contribution in [0.1, 0.15) is 66.2 Å². The Bertz CT molecular complexity index is 238. The lowest BCUT2D eigenvalue weighted by Crippen LogP contribution is -2.34. The third-order valence-corrected chi connectivity index (χ3v) is 4.11. The molecule has 0 aromatic carbocycles. The SMILES string of the molecule is CCC(CC)CCOC(CC)(CC)CCN.O=C(O)CO. The van der Waals surface area contributed by atoms with Crippen molar-refractivity contribution in [3.05, 3.63) is 0 Å². The molecule has 5 nitrogen and oxygen atoms in total. The van der Waals surface area contributed by atoms with Crippen LogP contribution >= 0.6 is 0 Å². The van der Waals surface area contributed by atoms with Crippen LogP contribution in [-0.4, -0.2) is 41.5 Å². The number of nitrogens with two attached hydrogens (primary N) is 1. The monoisotopic (exact) mass is 305 g/mol. The van der Waals surface area contributed by atoms with Gasteiger partial charge in [-0.2, -0.15) is 0 Å². The molecule has 0 atom stereocenters. The van der Waals surface area contributed by atoms with Crippen LogP contribution in [0, 0.1) is 5.92 Å². The van der Waals surface area contributed by atoms with Crippen LogP contribution in [0.4, 0.5) is 0 Å². The lowest BCUT2D eigenvalue weighted by molar-refractivity contribution is -0.140. The van der Waals surface area contributed by atoms with Gasteiger partial charge in [0.2, 0.25) is 0 Å². The van der Waals surface area contributed by atoms with E-state index in [1.165, 1.54) is 19.3 Å². The average molecular weight is 305 g/mol. The molecule has 0 aliphatic heterocycles. The largest absolute Gasteiger partial charge is 0.480 e. The van der Waals surface area contributed by atoms with Gasteiger partial charge in [-0.25, -0.2) is 4.79 Å². The van der Waals surface area contributed by atoms with Crippen molar-refractivity contribution in [3.63, 3.8) is 0 Å². The lowest BCUT2D eigenvalue weighted by atomic mass is 9.92. The molecule has 0 unspecified atom stereocenters. The molecule has 0 saturated heterocycles. The lowest BCUT2D eigenvalue weighted by Gasteiger charge is -2.32. The minimum absolute atomic E-state index is 0.0424. The Morgan fingerprint density at radius 2 is 1.67 bits per heavy atom. The second kappa shape index (κ2) is 14.3. The summed E-state index contributed by atoms with van der Waals surface area (Å²) in [6.07, 6.45) is 6.86. The summed E-state index contributed by atoms with van der Waals surface area (Å²) in [7, 11) is 0. The summed E-state index contributed by atoms with van der Waals surface area (Å²) in [5, 5.41) is 15.0. The molecule has 0 radical (unpaired) electrons. The fraction of sp³-hybridized carbons (Fsp3) is 0.938. The molecule has 0 rings (SSSR count). The molecule has 4 N–H and O–H groups in total. The van der Waals surface area contributed by atoms with E-state index >= 15 is 0 Å². The second-order valence-electron chi connectivity index (χ2n) is 5.30. The smallest absolute Gasteiger partial charge is 0.329 e. The highest BCUT2D eigenvalue weighted by Gasteiger charge is 2.25. The number of aliphatic carboxylic acids is 1. The van der Waals surface area contributed by atoms with Crippen molar-refractivity contribution in [1.82, 2.24) is 0 Å². The van der Waals surface area contributed by atoms with E-state index in [2.05, 4.69) is 27.7 Å². The van der Waals surface area contributed by atoms with E-state index < -0.39 is 12.6 Å². The van der Waals surface area contributed by atoms with Gasteiger partial charge in [-0.3, -0.25) is 0 Å². The van der Waals surface area contributed by atoms with Crippen LogP contribution in [0.5, 0.6) is 0 Å². The molecule has 0 amide bonds. The molecule has 0 aliphatic rings. The number of aliphatic hydroxyl groups excluding tert-OH is 1. The molecule has 0 aliphatic carbocycles. The first kappa shape index (κ1) is 22.6. The van der Waals surface area contributed by atoms with Crippen molar-refractivity contribution in [2.75, 3.05) is 19.8 Å². The van der Waals surface area contributed by atoms with E-state index in [1.54, 1.807) is 0 Å². The van der Waals surface area contributed by atoms with Gasteiger partial charge >= 0.3 is 5.97 Å². The first-order valence-electron chi connectivity index (χ1n) is 8.11. The molecule has 5 heteroatoms. The molecule has 21 heavy (non-hydrogen) atoms. The van der Waals surface area contributed by atoms with Crippen LogP contribution in [0.3, 0.4) is 0 Å². The molecule has 0 bridgehead atoms. The fourth-order valence-corrected chi connectivity index (χ4v) is 2.28. The summed E-state index contributed by atoms with van der Waals surface area (Å²) in [6.45, 7) is 9.79. The minimum Gasteiger partial charge on any atom is -0.480 e. The van der Waals surface area contributed by atoms with Crippen LogP contribution < -0.4 is 5.73 Å². The van der Waals surface area contributed by atoms with E-state index in [0.717, 1.165) is 38.3 Å². The van der Waals surface area contributed by atoms with E-state index in [4.69, 9.17) is 25.5 Å². The highest BCUT2D eigenvalue weighted by molar-refractivity contribution is 5.67. The Hall–Kier alpha value is -0.650. The normalized spacial score (nSPS) is 11.2. The Morgan fingerprint density at radius 3 is 1.95 bits per heavy atom. The molecule has 0 aromatic rings. The number of ether oxygens (including phenoxy) is 1. The van der Waals surface area contributed by atoms with Crippen molar-refractivity contribution in [3.8, 4) is 0 Å². The highest BCUT2D eigenvalue weighted by atomic mass is 16.5. The van der Waals surface area contributed by atoms with E-state index in [9.17, 15) is 0 Å². The van der Waals surface area contributed by atoms with Gasteiger partial charge in [0.25, 0.3) is 0 Å². The van der Waals surface area contributed by atoms with E-state index in [1.807, 2.05) is 0 Å². The third kappa shape index (κ3) is 11.7. The van der Waals surface area contributed by atoms with Crippen LogP contribution in [0.25, 0.3) is 0 Å². The Labute approximate surface area is 129 Å². The van der Waals surface area contributed by atoms with Gasteiger partial charge in [0.05, 0.1) is 5.60 Å². The minimum atomic E-state index is -1.19. The van der Waals surface area contributed by atoms with Gasteiger partial charge in [0, 0.05) is 6.61 Å². The maximum absolute atomic E-state index is 9.12. The number of hydrogen-bond acceptors (Lipinski definition) is 4. The summed E-state index contributed by atoms with van der Waals surface area (Å²) in [6, 6.07) is 0. The summed E-state index contributed by atoms with van der Waals surface area (Å²) in [5.74, 6) is -0.366. The number of hydrogen-bond donors (Lipinski definition) is 3. The number of carbonyl (C=O) groups is 1. The van der Waals surface area contributed by atoms with Crippen LogP contribution in [0.2, 0.25) is 0 Å². The number of carboxylic acids is 1. The number of aliphatic hydroxyl groups is 1. The first-order chi connectivity index (χ1) is 9.94. The quantitative estimate of drug-likeness (QED) is 0.546. The molecule has 128 valence electrons. The molecule has 0 heterocycles. The molecular weight excluding hydrogens is 270 g/mol. The maximum atomic E-state index is 9.12. The first-order valence-corrected chi connectivity index (χ1v) is 8.11. The molecule has 0 fully saturated rings. The predicted molar refractivity (Wildman–Crippen MR) is 86.3 cm³/mol. The van der Waals surface area contributed by atoms with Gasteiger partial charge in [0.15, 0.2) is 0 Å². The van der Waals surface area contributed by atoms with E-state index in [-0.39, 0.29) is 5.60 Å². The van der Waals surface area contributed by atoms with Gasteiger partial charge in [-0.15, -0.1) is 0 Å². The Kier molecular flexibility index (Phi) is 15.4. The molecule has 0 spiro atoms. The van der Waals surface area contributed by atoms with Crippen molar-refractivity contribution in [2.24, 2.45) is 11.7 Å². The second-order valence-corrected chi connectivity index (χ2v) is 5.30. The zero-order chi connectivity index (χ0) is 16.7. The maximum Gasteiger partial charge on any atom is 0.329 e. The molecular formula is C16H35NO4. The third-order valence-electron chi connectivity index (χ3n) is 4.11. The van der Waals surface area contributed by atoms with Crippen molar-refractivity contribution in [1.29, 1.82) is 0 Å². The average Bonchev–Trinajstić information content (AvgIpc) is 2.51. The van der Waals surface area contributed by atoms with Gasteiger partial charge in [-0.05, 0) is 38.1 Å². The van der Waals surface area contributed by atoms with Gasteiger partial charge < -0.3 is 20.7 Å². The number of carboxylic acid groups (broad SMARTS) is 1. The summed E-state index contributed by atoms with van der Waals surface area (Å²) in [4.78, 5) is 9.12. The van der Waals surface area contributed by atoms with Crippen molar-refractivity contribution < 1.29 is 19.7 Å². The van der Waals surface area contributed by atoms with E-state index in [0.29, 0.717) is 0 Å². The predicted octanol–water partition coefficient (Wildman–Crippen LogP) is 2.80.